The fraction of sp³-hybridized carbons (Fsp3) is 0.444. The Morgan fingerprint density at radius 2 is 1.93 bits per heavy atom. The van der Waals surface area contributed by atoms with Crippen LogP contribution in [0.2, 0.25) is 0 Å². The van der Waals surface area contributed by atoms with Crippen LogP contribution in [0.15, 0.2) is 36.0 Å². The standard InChI is InChI=1S/C18H21F4N3O2/c19-14-4-2-1-3-13(14)11-25(10-12-5-7-27-8-6-12)17(26)15(23)9-16(24)18(20,21)22/h1-4,9,12,23H,5-8,10-11,24H2. The average Bonchev–Trinajstić information content (AvgIpc) is 2.62. The normalized spacial score (nSPS) is 16.2. The Kier molecular flexibility index (Phi) is 6.95. The van der Waals surface area contributed by atoms with E-state index in [0.717, 1.165) is 0 Å². The number of nitrogens with two attached hydrogens (primary N) is 1. The predicted molar refractivity (Wildman–Crippen MR) is 91.4 cm³/mol. The maximum atomic E-state index is 14.0. The number of allylic oxidation sites excluding steroid dienone is 1. The highest BCUT2D eigenvalue weighted by Gasteiger charge is 2.33. The molecule has 0 radical (unpaired) electrons. The van der Waals surface area contributed by atoms with Crippen molar-refractivity contribution >= 4 is 11.6 Å². The van der Waals surface area contributed by atoms with Crippen molar-refractivity contribution in [2.45, 2.75) is 25.6 Å². The van der Waals surface area contributed by atoms with E-state index in [-0.39, 0.29) is 24.6 Å². The molecule has 5 nitrogen and oxygen atoms in total. The number of rotatable bonds is 6. The van der Waals surface area contributed by atoms with Crippen LogP contribution in [0.5, 0.6) is 0 Å². The van der Waals surface area contributed by atoms with Gasteiger partial charge in [-0.1, -0.05) is 18.2 Å². The number of benzene rings is 1. The van der Waals surface area contributed by atoms with Gasteiger partial charge in [-0.25, -0.2) is 4.39 Å². The van der Waals surface area contributed by atoms with Crippen LogP contribution in [0.1, 0.15) is 18.4 Å². The van der Waals surface area contributed by atoms with E-state index in [9.17, 15) is 22.4 Å². The van der Waals surface area contributed by atoms with Crippen molar-refractivity contribution in [2.75, 3.05) is 19.8 Å². The molecule has 1 saturated heterocycles. The van der Waals surface area contributed by atoms with Gasteiger partial charge in [0.1, 0.15) is 17.2 Å². The van der Waals surface area contributed by atoms with Crippen LogP contribution < -0.4 is 5.73 Å². The third kappa shape index (κ3) is 6.06. The first-order chi connectivity index (χ1) is 12.7. The van der Waals surface area contributed by atoms with Crippen molar-refractivity contribution < 1.29 is 27.1 Å². The highest BCUT2D eigenvalue weighted by Crippen LogP contribution is 2.22. The number of nitrogens with zero attached hydrogens (tertiary/aromatic N) is 1. The summed E-state index contributed by atoms with van der Waals surface area (Å²) in [5.74, 6) is -1.40. The minimum Gasteiger partial charge on any atom is -0.395 e. The monoisotopic (exact) mass is 387 g/mol. The van der Waals surface area contributed by atoms with E-state index in [1.54, 1.807) is 6.07 Å². The first-order valence-electron chi connectivity index (χ1n) is 8.42. The molecule has 1 aromatic rings. The van der Waals surface area contributed by atoms with Gasteiger partial charge in [-0.15, -0.1) is 0 Å². The number of halogens is 4. The number of carbonyl (C=O) groups is 1. The van der Waals surface area contributed by atoms with Gasteiger partial charge in [-0.2, -0.15) is 13.2 Å². The fourth-order valence-corrected chi connectivity index (χ4v) is 2.76. The van der Waals surface area contributed by atoms with E-state index < -0.39 is 29.3 Å². The highest BCUT2D eigenvalue weighted by atomic mass is 19.4. The lowest BCUT2D eigenvalue weighted by atomic mass is 9.99. The van der Waals surface area contributed by atoms with E-state index in [1.807, 2.05) is 0 Å². The molecule has 0 atom stereocenters. The molecule has 0 aromatic heterocycles. The lowest BCUT2D eigenvalue weighted by Crippen LogP contribution is -2.40. The van der Waals surface area contributed by atoms with Crippen molar-refractivity contribution in [3.63, 3.8) is 0 Å². The molecule has 27 heavy (non-hydrogen) atoms. The lowest BCUT2D eigenvalue weighted by Gasteiger charge is -2.30. The van der Waals surface area contributed by atoms with Crippen LogP contribution >= 0.6 is 0 Å². The molecule has 148 valence electrons. The number of alkyl halides is 3. The van der Waals surface area contributed by atoms with Crippen LogP contribution in [0.3, 0.4) is 0 Å². The van der Waals surface area contributed by atoms with E-state index >= 15 is 0 Å². The summed E-state index contributed by atoms with van der Waals surface area (Å²) in [4.78, 5) is 13.8. The number of amides is 1. The number of nitrogens with one attached hydrogen (secondary N) is 1. The molecule has 1 fully saturated rings. The zero-order valence-electron chi connectivity index (χ0n) is 14.6. The molecular formula is C18H21F4N3O2. The second kappa shape index (κ2) is 8.98. The summed E-state index contributed by atoms with van der Waals surface area (Å²) in [6.07, 6.45) is -3.19. The molecule has 0 bridgehead atoms. The summed E-state index contributed by atoms with van der Waals surface area (Å²) in [7, 11) is 0. The summed E-state index contributed by atoms with van der Waals surface area (Å²) in [5, 5.41) is 7.71. The van der Waals surface area contributed by atoms with Gasteiger partial charge < -0.3 is 15.4 Å². The number of ether oxygens (including phenoxy) is 1. The zero-order chi connectivity index (χ0) is 20.0. The molecule has 0 unspecified atom stereocenters. The number of hydrogen-bond donors (Lipinski definition) is 2. The van der Waals surface area contributed by atoms with Gasteiger partial charge in [0.2, 0.25) is 0 Å². The van der Waals surface area contributed by atoms with Crippen LogP contribution in [-0.2, 0) is 16.1 Å². The molecule has 0 saturated carbocycles. The summed E-state index contributed by atoms with van der Waals surface area (Å²) >= 11 is 0. The second-order valence-corrected chi connectivity index (χ2v) is 6.34. The van der Waals surface area contributed by atoms with Gasteiger partial charge in [0, 0.05) is 31.9 Å². The van der Waals surface area contributed by atoms with E-state index in [1.165, 1.54) is 23.1 Å². The summed E-state index contributed by atoms with van der Waals surface area (Å²) in [6, 6.07) is 5.82. The Labute approximate surface area is 154 Å². The van der Waals surface area contributed by atoms with E-state index in [2.05, 4.69) is 0 Å². The van der Waals surface area contributed by atoms with Crippen molar-refractivity contribution in [2.24, 2.45) is 11.7 Å². The third-order valence-electron chi connectivity index (χ3n) is 4.28. The molecule has 0 spiro atoms. The van der Waals surface area contributed by atoms with Crippen LogP contribution in [-0.4, -0.2) is 42.5 Å². The fourth-order valence-electron chi connectivity index (χ4n) is 2.76. The average molecular weight is 387 g/mol. The molecule has 0 aliphatic carbocycles. The number of hydrogen-bond acceptors (Lipinski definition) is 4. The summed E-state index contributed by atoms with van der Waals surface area (Å²) in [5.41, 5.74) is 2.69. The molecule has 1 aliphatic heterocycles. The Morgan fingerprint density at radius 1 is 1.30 bits per heavy atom. The largest absolute Gasteiger partial charge is 0.430 e. The van der Waals surface area contributed by atoms with Crippen LogP contribution in [0.25, 0.3) is 0 Å². The lowest BCUT2D eigenvalue weighted by molar-refractivity contribution is -0.125. The molecule has 1 aromatic carbocycles. The first kappa shape index (κ1) is 20.9. The maximum absolute atomic E-state index is 14.0. The van der Waals surface area contributed by atoms with Crippen molar-refractivity contribution in [3.8, 4) is 0 Å². The van der Waals surface area contributed by atoms with Crippen molar-refractivity contribution in [1.82, 2.24) is 4.90 Å². The summed E-state index contributed by atoms with van der Waals surface area (Å²) < 4.78 is 56.9. The molecule has 1 aliphatic rings. The second-order valence-electron chi connectivity index (χ2n) is 6.34. The quantitative estimate of drug-likeness (QED) is 0.582. The van der Waals surface area contributed by atoms with Crippen molar-refractivity contribution in [3.05, 3.63) is 47.4 Å². The van der Waals surface area contributed by atoms with Gasteiger partial charge in [0.05, 0.1) is 0 Å². The smallest absolute Gasteiger partial charge is 0.395 e. The Balaban J connectivity index is 2.20. The maximum Gasteiger partial charge on any atom is 0.430 e. The highest BCUT2D eigenvalue weighted by molar-refractivity contribution is 6.42. The molecular weight excluding hydrogens is 366 g/mol. The van der Waals surface area contributed by atoms with Crippen molar-refractivity contribution in [1.29, 1.82) is 5.41 Å². The first-order valence-corrected chi connectivity index (χ1v) is 8.42. The summed E-state index contributed by atoms with van der Waals surface area (Å²) in [6.45, 7) is 1.08. The van der Waals surface area contributed by atoms with Gasteiger partial charge in [-0.05, 0) is 30.9 Å². The van der Waals surface area contributed by atoms with Gasteiger partial charge >= 0.3 is 6.18 Å². The Bertz CT molecular complexity index is 713. The zero-order valence-corrected chi connectivity index (χ0v) is 14.6. The molecule has 2 rings (SSSR count). The van der Waals surface area contributed by atoms with E-state index in [0.29, 0.717) is 32.1 Å². The van der Waals surface area contributed by atoms with Crippen LogP contribution in [0.4, 0.5) is 17.6 Å². The minimum atomic E-state index is -4.83. The molecule has 1 heterocycles. The minimum absolute atomic E-state index is 0.0613. The molecule has 3 N–H and O–H groups in total. The predicted octanol–water partition coefficient (Wildman–Crippen LogP) is 3.01. The van der Waals surface area contributed by atoms with Gasteiger partial charge in [0.15, 0.2) is 0 Å². The topological polar surface area (TPSA) is 79.4 Å². The molecule has 9 heteroatoms. The SMILES string of the molecule is N=C(C=C(N)C(F)(F)F)C(=O)N(Cc1ccccc1F)CC1CCOCC1. The van der Waals surface area contributed by atoms with E-state index in [4.69, 9.17) is 15.9 Å². The third-order valence-corrected chi connectivity index (χ3v) is 4.28. The Morgan fingerprint density at radius 3 is 2.52 bits per heavy atom. The Hall–Kier alpha value is -2.42. The molecule has 1 amide bonds. The van der Waals surface area contributed by atoms with Crippen LogP contribution in [0, 0.1) is 17.1 Å². The number of carbonyl (C=O) groups excluding carboxylic acids is 1. The van der Waals surface area contributed by atoms with Gasteiger partial charge in [-0.3, -0.25) is 10.2 Å². The van der Waals surface area contributed by atoms with Gasteiger partial charge in [0.25, 0.3) is 5.91 Å².